The van der Waals surface area contributed by atoms with Gasteiger partial charge in [0.15, 0.2) is 5.96 Å². The van der Waals surface area contributed by atoms with Gasteiger partial charge in [-0.05, 0) is 23.3 Å². The van der Waals surface area contributed by atoms with Crippen LogP contribution in [0.2, 0.25) is 0 Å². The van der Waals surface area contributed by atoms with Gasteiger partial charge >= 0.3 is 0 Å². The zero-order chi connectivity index (χ0) is 21.0. The minimum atomic E-state index is 0.625. The molecule has 0 bridgehead atoms. The Morgan fingerprint density at radius 2 is 1.97 bits per heavy atom. The predicted molar refractivity (Wildman–Crippen MR) is 120 cm³/mol. The molecular weight excluding hydrogens is 378 g/mol. The highest BCUT2D eigenvalue weighted by atomic mass is 16.5. The number of nitrogens with one attached hydrogen (secondary N) is 2. The zero-order valence-corrected chi connectivity index (χ0v) is 17.5. The lowest BCUT2D eigenvalue weighted by molar-refractivity contribution is 0.172. The van der Waals surface area contributed by atoms with E-state index in [9.17, 15) is 0 Å². The molecule has 0 atom stereocenters. The first-order valence-corrected chi connectivity index (χ1v) is 10.00. The highest BCUT2D eigenvalue weighted by molar-refractivity contribution is 5.93. The number of nitrogens with zero attached hydrogens (tertiary/aromatic N) is 3. The fraction of sp³-hybridized carbons (Fsp3) is 0.304. The minimum Gasteiger partial charge on any atom is -0.493 e. The number of anilines is 1. The zero-order valence-electron chi connectivity index (χ0n) is 17.5. The van der Waals surface area contributed by atoms with Gasteiger partial charge in [0.1, 0.15) is 5.75 Å². The molecule has 0 aliphatic carbocycles. The Labute approximate surface area is 177 Å². The van der Waals surface area contributed by atoms with Crippen LogP contribution in [0.5, 0.6) is 5.75 Å². The molecule has 0 amide bonds. The molecule has 2 N–H and O–H groups in total. The highest BCUT2D eigenvalue weighted by Gasteiger charge is 2.03. The first kappa shape index (κ1) is 21.4. The van der Waals surface area contributed by atoms with Crippen LogP contribution < -0.4 is 15.4 Å². The third-order valence-corrected chi connectivity index (χ3v) is 4.46. The molecule has 30 heavy (non-hydrogen) atoms. The van der Waals surface area contributed by atoms with Crippen LogP contribution >= 0.6 is 0 Å². The van der Waals surface area contributed by atoms with Crippen molar-refractivity contribution in [3.63, 3.8) is 0 Å². The summed E-state index contributed by atoms with van der Waals surface area (Å²) in [5, 5.41) is 6.68. The van der Waals surface area contributed by atoms with Crippen LogP contribution in [0.25, 0.3) is 0 Å². The fourth-order valence-corrected chi connectivity index (χ4v) is 2.99. The second kappa shape index (κ2) is 11.6. The van der Waals surface area contributed by atoms with Gasteiger partial charge in [-0.2, -0.15) is 0 Å². The van der Waals surface area contributed by atoms with Crippen LogP contribution in [0.1, 0.15) is 17.5 Å². The molecule has 3 aromatic rings. The molecule has 3 rings (SSSR count). The van der Waals surface area contributed by atoms with Crippen LogP contribution in [0.4, 0.5) is 5.69 Å². The monoisotopic (exact) mass is 407 g/mol. The summed E-state index contributed by atoms with van der Waals surface area (Å²) < 4.78 is 12.9. The predicted octanol–water partition coefficient (Wildman–Crippen LogP) is 3.53. The maximum Gasteiger partial charge on any atom is 0.195 e. The van der Waals surface area contributed by atoms with E-state index >= 15 is 0 Å². The van der Waals surface area contributed by atoms with E-state index in [1.54, 1.807) is 20.4 Å². The largest absolute Gasteiger partial charge is 0.493 e. The number of ether oxygens (including phenoxy) is 2. The smallest absolute Gasteiger partial charge is 0.195 e. The number of hydrogen-bond acceptors (Lipinski definition) is 4. The second-order valence-corrected chi connectivity index (χ2v) is 6.83. The first-order valence-electron chi connectivity index (χ1n) is 10.00. The molecule has 1 aromatic heterocycles. The molecule has 0 unspecified atom stereocenters. The number of guanidine groups is 1. The Bertz CT molecular complexity index is 925. The van der Waals surface area contributed by atoms with Crippen LogP contribution in [-0.4, -0.2) is 42.9 Å². The Morgan fingerprint density at radius 3 is 2.77 bits per heavy atom. The van der Waals surface area contributed by atoms with Gasteiger partial charge in [-0.1, -0.05) is 30.3 Å². The normalized spacial score (nSPS) is 11.3. The Balaban J connectivity index is 1.52. The van der Waals surface area contributed by atoms with E-state index in [0.29, 0.717) is 25.7 Å². The molecule has 7 heteroatoms. The number of aromatic nitrogens is 2. The lowest BCUT2D eigenvalue weighted by Crippen LogP contribution is -2.30. The van der Waals surface area contributed by atoms with Gasteiger partial charge in [0.05, 0.1) is 12.9 Å². The highest BCUT2D eigenvalue weighted by Crippen LogP contribution is 2.17. The first-order chi connectivity index (χ1) is 14.8. The third kappa shape index (κ3) is 6.93. The second-order valence-electron chi connectivity index (χ2n) is 6.83. The summed E-state index contributed by atoms with van der Waals surface area (Å²) in [5.74, 6) is 1.52. The van der Waals surface area contributed by atoms with Gasteiger partial charge < -0.3 is 24.7 Å². The summed E-state index contributed by atoms with van der Waals surface area (Å²) in [6.45, 7) is 2.79. The van der Waals surface area contributed by atoms with E-state index in [1.807, 2.05) is 36.8 Å². The van der Waals surface area contributed by atoms with E-state index in [0.717, 1.165) is 24.4 Å². The average Bonchev–Trinajstić information content (AvgIpc) is 3.28. The number of rotatable bonds is 10. The third-order valence-electron chi connectivity index (χ3n) is 4.46. The summed E-state index contributed by atoms with van der Waals surface area (Å²) in [4.78, 5) is 8.42. The van der Waals surface area contributed by atoms with Gasteiger partial charge in [0, 0.05) is 64.4 Å². The van der Waals surface area contributed by atoms with E-state index in [-0.39, 0.29) is 0 Å². The summed E-state index contributed by atoms with van der Waals surface area (Å²) in [7, 11) is 3.45. The number of benzene rings is 2. The lowest BCUT2D eigenvalue weighted by atomic mass is 10.1. The summed E-state index contributed by atoms with van der Waals surface area (Å²) in [6.07, 6.45) is 6.44. The maximum atomic E-state index is 5.76. The summed E-state index contributed by atoms with van der Waals surface area (Å²) in [5.41, 5.74) is 3.33. The van der Waals surface area contributed by atoms with Crippen molar-refractivity contribution in [3.8, 4) is 5.75 Å². The van der Waals surface area contributed by atoms with Crippen molar-refractivity contribution in [2.24, 2.45) is 4.99 Å². The van der Waals surface area contributed by atoms with Crippen molar-refractivity contribution in [2.45, 2.75) is 19.5 Å². The summed E-state index contributed by atoms with van der Waals surface area (Å²) in [6, 6.07) is 16.3. The van der Waals surface area contributed by atoms with Crippen LogP contribution in [-0.2, 0) is 17.8 Å². The molecule has 0 spiro atoms. The summed E-state index contributed by atoms with van der Waals surface area (Å²) >= 11 is 0. The molecule has 0 saturated heterocycles. The Kier molecular flexibility index (Phi) is 8.29. The quantitative estimate of drug-likeness (QED) is 0.306. The SMILES string of the molecule is CN=C(NCc1cccc(Cn2ccnc2)c1)Nc1cccc(OCCCOC)c1. The molecule has 158 valence electrons. The van der Waals surface area contributed by atoms with Gasteiger partial charge in [-0.25, -0.2) is 4.98 Å². The molecular formula is C23H29N5O2. The lowest BCUT2D eigenvalue weighted by Gasteiger charge is -2.14. The van der Waals surface area contributed by atoms with Gasteiger partial charge in [0.25, 0.3) is 0 Å². The van der Waals surface area contributed by atoms with E-state index in [4.69, 9.17) is 9.47 Å². The molecule has 2 aromatic carbocycles. The standard InChI is InChI=1S/C23H29N5O2/c1-24-23(27-21-8-4-9-22(15-21)30-13-5-12-29-2)26-16-19-6-3-7-20(14-19)17-28-11-10-25-18-28/h3-4,6-11,14-15,18H,5,12-13,16-17H2,1-2H3,(H2,24,26,27). The minimum absolute atomic E-state index is 0.625. The molecule has 0 saturated carbocycles. The van der Waals surface area contributed by atoms with Crippen molar-refractivity contribution in [3.05, 3.63) is 78.4 Å². The van der Waals surface area contributed by atoms with Crippen molar-refractivity contribution in [2.75, 3.05) is 32.7 Å². The van der Waals surface area contributed by atoms with Crippen LogP contribution in [0.3, 0.4) is 0 Å². The van der Waals surface area contributed by atoms with Gasteiger partial charge in [-0.3, -0.25) is 4.99 Å². The molecule has 0 fully saturated rings. The van der Waals surface area contributed by atoms with Crippen molar-refractivity contribution < 1.29 is 9.47 Å². The van der Waals surface area contributed by atoms with Crippen molar-refractivity contribution in [1.29, 1.82) is 0 Å². The molecule has 1 heterocycles. The number of methoxy groups -OCH3 is 1. The molecule has 0 aliphatic heterocycles. The fourth-order valence-electron chi connectivity index (χ4n) is 2.99. The van der Waals surface area contributed by atoms with Crippen molar-refractivity contribution >= 4 is 11.6 Å². The van der Waals surface area contributed by atoms with E-state index in [2.05, 4.69) is 49.4 Å². The number of imidazole rings is 1. The number of hydrogen-bond donors (Lipinski definition) is 2. The maximum absolute atomic E-state index is 5.76. The molecule has 0 aliphatic rings. The topological polar surface area (TPSA) is 72.7 Å². The molecule has 0 radical (unpaired) electrons. The van der Waals surface area contributed by atoms with E-state index < -0.39 is 0 Å². The van der Waals surface area contributed by atoms with Gasteiger partial charge in [0.2, 0.25) is 0 Å². The van der Waals surface area contributed by atoms with Crippen LogP contribution in [0.15, 0.2) is 72.2 Å². The number of aliphatic imine (C=N–C) groups is 1. The van der Waals surface area contributed by atoms with E-state index in [1.165, 1.54) is 11.1 Å². The van der Waals surface area contributed by atoms with Crippen molar-refractivity contribution in [1.82, 2.24) is 14.9 Å². The van der Waals surface area contributed by atoms with Gasteiger partial charge in [-0.15, -0.1) is 0 Å². The Hall–Kier alpha value is -3.32. The molecule has 7 nitrogen and oxygen atoms in total. The Morgan fingerprint density at radius 1 is 1.10 bits per heavy atom. The average molecular weight is 408 g/mol. The van der Waals surface area contributed by atoms with Crippen LogP contribution in [0, 0.1) is 0 Å².